The quantitative estimate of drug-likeness (QED) is 0.855. The molecule has 23 heavy (non-hydrogen) atoms. The Balaban J connectivity index is 2.33. The summed E-state index contributed by atoms with van der Waals surface area (Å²) in [5.41, 5.74) is -0.416. The molecule has 1 fully saturated rings. The number of aromatic amines is 1. The van der Waals surface area contributed by atoms with Crippen LogP contribution < -0.4 is 5.56 Å². The van der Waals surface area contributed by atoms with Gasteiger partial charge in [-0.15, -0.1) is 0 Å². The number of carbonyl (C=O) groups is 2. The van der Waals surface area contributed by atoms with Crippen LogP contribution in [0.25, 0.3) is 0 Å². The van der Waals surface area contributed by atoms with Gasteiger partial charge in [-0.3, -0.25) is 14.4 Å². The van der Waals surface area contributed by atoms with E-state index < -0.39 is 23.4 Å². The highest BCUT2D eigenvalue weighted by Crippen LogP contribution is 2.20. The van der Waals surface area contributed by atoms with E-state index in [1.54, 1.807) is 6.92 Å². The molecule has 1 aliphatic rings. The summed E-state index contributed by atoms with van der Waals surface area (Å²) in [7, 11) is 0. The molecule has 1 aromatic heterocycles. The molecule has 0 bridgehead atoms. The Morgan fingerprint density at radius 3 is 2.52 bits per heavy atom. The van der Waals surface area contributed by atoms with Gasteiger partial charge in [0.1, 0.15) is 11.4 Å². The van der Waals surface area contributed by atoms with Crippen molar-refractivity contribution in [2.24, 2.45) is 5.92 Å². The number of hydrogen-bond donors (Lipinski definition) is 2. The molecule has 0 spiro atoms. The summed E-state index contributed by atoms with van der Waals surface area (Å²) in [6.07, 6.45) is 1.17. The van der Waals surface area contributed by atoms with E-state index in [1.165, 1.54) is 4.90 Å². The highest BCUT2D eigenvalue weighted by atomic mass is 16.4. The number of H-pyrrole nitrogens is 1. The summed E-state index contributed by atoms with van der Waals surface area (Å²) in [6.45, 7) is 8.00. The molecule has 0 aliphatic carbocycles. The zero-order chi connectivity index (χ0) is 17.4. The van der Waals surface area contributed by atoms with E-state index in [2.05, 4.69) is 9.97 Å². The first-order valence-electron chi connectivity index (χ1n) is 7.74. The molecule has 7 heteroatoms. The van der Waals surface area contributed by atoms with Crippen molar-refractivity contribution < 1.29 is 14.7 Å². The maximum absolute atomic E-state index is 12.6. The predicted octanol–water partition coefficient (Wildman–Crippen LogP) is 1.31. The van der Waals surface area contributed by atoms with Crippen LogP contribution >= 0.6 is 0 Å². The number of nitrogens with zero attached hydrogens (tertiary/aromatic N) is 2. The van der Waals surface area contributed by atoms with Crippen LogP contribution in [0.5, 0.6) is 0 Å². The van der Waals surface area contributed by atoms with Gasteiger partial charge in [-0.2, -0.15) is 0 Å². The third-order valence-corrected chi connectivity index (χ3v) is 4.08. The van der Waals surface area contributed by atoms with E-state index in [0.29, 0.717) is 30.9 Å². The highest BCUT2D eigenvalue weighted by Gasteiger charge is 2.31. The van der Waals surface area contributed by atoms with Crippen LogP contribution in [0.4, 0.5) is 0 Å². The molecule has 2 heterocycles. The van der Waals surface area contributed by atoms with Crippen molar-refractivity contribution in [2.75, 3.05) is 13.1 Å². The van der Waals surface area contributed by atoms with Crippen molar-refractivity contribution in [1.82, 2.24) is 14.9 Å². The number of amides is 1. The Morgan fingerprint density at radius 2 is 2.00 bits per heavy atom. The molecule has 0 aromatic carbocycles. The maximum atomic E-state index is 12.6. The van der Waals surface area contributed by atoms with Crippen LogP contribution in [-0.2, 0) is 10.2 Å². The van der Waals surface area contributed by atoms with Crippen LogP contribution in [-0.4, -0.2) is 44.9 Å². The number of likely N-dealkylation sites (tertiary alicyclic amines) is 1. The Hall–Kier alpha value is -2.18. The van der Waals surface area contributed by atoms with E-state index in [9.17, 15) is 14.4 Å². The van der Waals surface area contributed by atoms with Crippen molar-refractivity contribution in [1.29, 1.82) is 0 Å². The molecule has 1 aliphatic heterocycles. The van der Waals surface area contributed by atoms with Crippen molar-refractivity contribution in [3.8, 4) is 0 Å². The van der Waals surface area contributed by atoms with Gasteiger partial charge < -0.3 is 15.0 Å². The number of carboxylic acid groups (broad SMARTS) is 1. The molecular weight excluding hydrogens is 298 g/mol. The molecule has 1 aromatic rings. The first-order chi connectivity index (χ1) is 10.6. The highest BCUT2D eigenvalue weighted by molar-refractivity contribution is 5.95. The summed E-state index contributed by atoms with van der Waals surface area (Å²) in [5, 5.41) is 9.13. The summed E-state index contributed by atoms with van der Waals surface area (Å²) >= 11 is 0. The minimum Gasteiger partial charge on any atom is -0.481 e. The van der Waals surface area contributed by atoms with E-state index in [-0.39, 0.29) is 17.5 Å². The molecule has 1 atom stereocenters. The lowest BCUT2D eigenvalue weighted by atomic mass is 9.95. The van der Waals surface area contributed by atoms with Gasteiger partial charge in [0.2, 0.25) is 0 Å². The molecule has 0 saturated carbocycles. The molecule has 126 valence electrons. The largest absolute Gasteiger partial charge is 0.481 e. The maximum Gasteiger partial charge on any atom is 0.308 e. The normalized spacial score (nSPS) is 18.8. The number of aryl methyl sites for hydroxylation is 1. The number of rotatable bonds is 2. The zero-order valence-electron chi connectivity index (χ0n) is 14.0. The summed E-state index contributed by atoms with van der Waals surface area (Å²) < 4.78 is 0. The molecule has 2 N–H and O–H groups in total. The third-order valence-electron chi connectivity index (χ3n) is 4.08. The predicted molar refractivity (Wildman–Crippen MR) is 84.6 cm³/mol. The molecule has 1 saturated heterocycles. The van der Waals surface area contributed by atoms with Gasteiger partial charge in [0.05, 0.1) is 11.6 Å². The molecule has 0 unspecified atom stereocenters. The molecule has 1 amide bonds. The van der Waals surface area contributed by atoms with E-state index in [4.69, 9.17) is 5.11 Å². The fourth-order valence-corrected chi connectivity index (χ4v) is 2.71. The number of hydrogen-bond acceptors (Lipinski definition) is 4. The topological polar surface area (TPSA) is 103 Å². The standard InChI is InChI=1S/C16H23N3O4/c1-9-11(12(20)18-15(17-9)16(2,3)4)13(21)19-7-5-6-10(8-19)14(22)23/h10H,5-8H2,1-4H3,(H,22,23)(H,17,18,20)/t10-/m0/s1. The van der Waals surface area contributed by atoms with Gasteiger partial charge in [0, 0.05) is 18.5 Å². The zero-order valence-corrected chi connectivity index (χ0v) is 14.0. The van der Waals surface area contributed by atoms with Crippen molar-refractivity contribution in [3.05, 3.63) is 27.4 Å². The lowest BCUT2D eigenvalue weighted by Crippen LogP contribution is -2.44. The van der Waals surface area contributed by atoms with Gasteiger partial charge in [0.15, 0.2) is 0 Å². The van der Waals surface area contributed by atoms with E-state index in [0.717, 1.165) is 0 Å². The summed E-state index contributed by atoms with van der Waals surface area (Å²) in [6, 6.07) is 0. The number of nitrogens with one attached hydrogen (secondary N) is 1. The van der Waals surface area contributed by atoms with Gasteiger partial charge in [-0.05, 0) is 19.8 Å². The van der Waals surface area contributed by atoms with Gasteiger partial charge in [0.25, 0.3) is 11.5 Å². The monoisotopic (exact) mass is 321 g/mol. The second-order valence-corrected chi connectivity index (χ2v) is 7.05. The number of carboxylic acids is 1. The van der Waals surface area contributed by atoms with Gasteiger partial charge >= 0.3 is 5.97 Å². The fraction of sp³-hybridized carbons (Fsp3) is 0.625. The Labute approximate surface area is 134 Å². The molecule has 7 nitrogen and oxygen atoms in total. The number of aliphatic carboxylic acids is 1. The number of piperidine rings is 1. The molecular formula is C16H23N3O4. The van der Waals surface area contributed by atoms with Crippen LogP contribution in [0.1, 0.15) is 55.5 Å². The minimum atomic E-state index is -0.908. The van der Waals surface area contributed by atoms with Crippen LogP contribution in [0.15, 0.2) is 4.79 Å². The number of carbonyl (C=O) groups excluding carboxylic acids is 1. The molecule has 2 rings (SSSR count). The van der Waals surface area contributed by atoms with Crippen molar-refractivity contribution in [3.63, 3.8) is 0 Å². The Kier molecular flexibility index (Phi) is 4.58. The molecule has 0 radical (unpaired) electrons. The fourth-order valence-electron chi connectivity index (χ4n) is 2.71. The third kappa shape index (κ3) is 3.60. The Bertz CT molecular complexity index is 688. The second-order valence-electron chi connectivity index (χ2n) is 7.05. The van der Waals surface area contributed by atoms with Crippen molar-refractivity contribution >= 4 is 11.9 Å². The number of aromatic nitrogens is 2. The summed E-state index contributed by atoms with van der Waals surface area (Å²) in [4.78, 5) is 44.6. The van der Waals surface area contributed by atoms with Crippen LogP contribution in [0, 0.1) is 12.8 Å². The average molecular weight is 321 g/mol. The first-order valence-corrected chi connectivity index (χ1v) is 7.74. The van der Waals surface area contributed by atoms with Gasteiger partial charge in [-0.1, -0.05) is 20.8 Å². The minimum absolute atomic E-state index is 0.00374. The van der Waals surface area contributed by atoms with E-state index >= 15 is 0 Å². The Morgan fingerprint density at radius 1 is 1.35 bits per heavy atom. The lowest BCUT2D eigenvalue weighted by Gasteiger charge is -2.31. The first kappa shape index (κ1) is 17.2. The van der Waals surface area contributed by atoms with E-state index in [1.807, 2.05) is 20.8 Å². The summed E-state index contributed by atoms with van der Waals surface area (Å²) in [5.74, 6) is -1.40. The van der Waals surface area contributed by atoms with Crippen LogP contribution in [0.2, 0.25) is 0 Å². The van der Waals surface area contributed by atoms with Crippen LogP contribution in [0.3, 0.4) is 0 Å². The lowest BCUT2D eigenvalue weighted by molar-refractivity contribution is -0.143. The van der Waals surface area contributed by atoms with Crippen molar-refractivity contribution in [2.45, 2.75) is 46.0 Å². The average Bonchev–Trinajstić information content (AvgIpc) is 2.45. The second kappa shape index (κ2) is 6.14. The van der Waals surface area contributed by atoms with Gasteiger partial charge in [-0.25, -0.2) is 4.98 Å². The SMILES string of the molecule is Cc1nc(C(C)(C)C)[nH]c(=O)c1C(=O)N1CCC[C@H](C(=O)O)C1. The smallest absolute Gasteiger partial charge is 0.308 e.